The second kappa shape index (κ2) is 4.69. The van der Waals surface area contributed by atoms with Gasteiger partial charge in [0.05, 0.1) is 0 Å². The Balaban J connectivity index is 3.50. The van der Waals surface area contributed by atoms with Gasteiger partial charge in [0.2, 0.25) is 0 Å². The van der Waals surface area contributed by atoms with Crippen LogP contribution in [0.25, 0.3) is 0 Å². The van der Waals surface area contributed by atoms with Crippen molar-refractivity contribution in [3.63, 3.8) is 0 Å². The molecule has 0 radical (unpaired) electrons. The first-order valence-electron chi connectivity index (χ1n) is 4.01. The highest BCUT2D eigenvalue weighted by atomic mass is 15.5. The van der Waals surface area contributed by atoms with Gasteiger partial charge >= 0.3 is 0 Å². The second-order valence-electron chi connectivity index (χ2n) is 3.20. The number of rotatable bonds is 4. The Morgan fingerprint density at radius 3 is 2.10 bits per heavy atom. The summed E-state index contributed by atoms with van der Waals surface area (Å²) in [6, 6.07) is 0.583. The Morgan fingerprint density at radius 1 is 1.30 bits per heavy atom. The number of hydrogen-bond donors (Lipinski definition) is 1. The van der Waals surface area contributed by atoms with Crippen LogP contribution in [0.15, 0.2) is 0 Å². The van der Waals surface area contributed by atoms with Crippen LogP contribution in [0.1, 0.15) is 27.2 Å². The minimum atomic E-state index is 0.583. The van der Waals surface area contributed by atoms with Crippen LogP contribution in [0.4, 0.5) is 0 Å². The molecule has 2 heteroatoms. The van der Waals surface area contributed by atoms with E-state index in [0.29, 0.717) is 6.04 Å². The number of nitrogens with zero attached hydrogens (tertiary/aromatic N) is 1. The summed E-state index contributed by atoms with van der Waals surface area (Å²) in [6.45, 7) is 6.70. The van der Waals surface area contributed by atoms with E-state index in [1.807, 2.05) is 19.1 Å². The molecule has 0 aromatic carbocycles. The van der Waals surface area contributed by atoms with Gasteiger partial charge in [-0.25, -0.2) is 0 Å². The van der Waals surface area contributed by atoms with Crippen molar-refractivity contribution in [1.82, 2.24) is 10.4 Å². The normalized spacial score (nSPS) is 17.4. The molecule has 1 N–H and O–H groups in total. The van der Waals surface area contributed by atoms with E-state index in [9.17, 15) is 0 Å². The predicted octanol–water partition coefficient (Wildman–Crippen LogP) is 1.49. The van der Waals surface area contributed by atoms with Crippen molar-refractivity contribution in [3.05, 3.63) is 0 Å². The highest BCUT2D eigenvalue weighted by molar-refractivity contribution is 4.63. The quantitative estimate of drug-likeness (QED) is 0.601. The number of nitrogens with one attached hydrogen (secondary N) is 1. The molecule has 2 nitrogen and oxygen atoms in total. The first kappa shape index (κ1) is 9.92. The van der Waals surface area contributed by atoms with E-state index in [0.717, 1.165) is 5.92 Å². The molecule has 0 aromatic rings. The van der Waals surface area contributed by atoms with Crippen molar-refractivity contribution in [1.29, 1.82) is 0 Å². The van der Waals surface area contributed by atoms with E-state index < -0.39 is 0 Å². The van der Waals surface area contributed by atoms with Gasteiger partial charge < -0.3 is 0 Å². The van der Waals surface area contributed by atoms with Gasteiger partial charge in [0.15, 0.2) is 0 Å². The maximum atomic E-state index is 3.33. The summed E-state index contributed by atoms with van der Waals surface area (Å²) >= 11 is 0. The molecular formula is C8H20N2. The maximum absolute atomic E-state index is 3.33. The van der Waals surface area contributed by atoms with Gasteiger partial charge in [-0.05, 0) is 12.8 Å². The zero-order valence-corrected chi connectivity index (χ0v) is 7.81. The van der Waals surface area contributed by atoms with Crippen molar-refractivity contribution >= 4 is 0 Å². The average Bonchev–Trinajstić information content (AvgIpc) is 1.85. The fourth-order valence-electron chi connectivity index (χ4n) is 0.888. The van der Waals surface area contributed by atoms with Crippen LogP contribution in [0, 0.1) is 5.92 Å². The first-order valence-corrected chi connectivity index (χ1v) is 4.01. The lowest BCUT2D eigenvalue weighted by atomic mass is 10.0. The van der Waals surface area contributed by atoms with Crippen molar-refractivity contribution in [3.8, 4) is 0 Å². The molecule has 0 heterocycles. The van der Waals surface area contributed by atoms with Crippen LogP contribution >= 0.6 is 0 Å². The molecule has 62 valence electrons. The Hall–Kier alpha value is -0.0800. The molecule has 0 bridgehead atoms. The second-order valence-corrected chi connectivity index (χ2v) is 3.20. The molecule has 2 atom stereocenters. The number of hydrogen-bond acceptors (Lipinski definition) is 2. The van der Waals surface area contributed by atoms with E-state index in [1.165, 1.54) is 6.42 Å². The van der Waals surface area contributed by atoms with Gasteiger partial charge in [0, 0.05) is 20.1 Å². The first-order chi connectivity index (χ1) is 4.57. The van der Waals surface area contributed by atoms with Gasteiger partial charge in [0.25, 0.3) is 0 Å². The Labute approximate surface area is 64.6 Å². The Morgan fingerprint density at radius 2 is 1.80 bits per heavy atom. The van der Waals surface area contributed by atoms with Gasteiger partial charge in [0.1, 0.15) is 0 Å². The standard InChI is InChI=1S/C8H20N2/c1-6-7(2)8(3)9-10(4)5/h7-9H,6H2,1-5H3. The molecule has 2 unspecified atom stereocenters. The molecule has 0 aliphatic rings. The summed E-state index contributed by atoms with van der Waals surface area (Å²) in [5.74, 6) is 0.752. The third kappa shape index (κ3) is 3.85. The van der Waals surface area contributed by atoms with Crippen LogP contribution in [-0.2, 0) is 0 Å². The monoisotopic (exact) mass is 144 g/mol. The van der Waals surface area contributed by atoms with E-state index in [1.54, 1.807) is 0 Å². The zero-order valence-electron chi connectivity index (χ0n) is 7.81. The molecule has 10 heavy (non-hydrogen) atoms. The van der Waals surface area contributed by atoms with E-state index in [2.05, 4.69) is 26.2 Å². The van der Waals surface area contributed by atoms with Crippen LogP contribution in [0.2, 0.25) is 0 Å². The molecule has 0 amide bonds. The lowest BCUT2D eigenvalue weighted by Crippen LogP contribution is -2.41. The summed E-state index contributed by atoms with van der Waals surface area (Å²) in [5.41, 5.74) is 3.33. The van der Waals surface area contributed by atoms with Gasteiger partial charge in [-0.3, -0.25) is 10.4 Å². The van der Waals surface area contributed by atoms with Crippen LogP contribution in [0.3, 0.4) is 0 Å². The maximum Gasteiger partial charge on any atom is 0.0212 e. The van der Waals surface area contributed by atoms with Gasteiger partial charge in [-0.2, -0.15) is 0 Å². The van der Waals surface area contributed by atoms with Crippen LogP contribution in [-0.4, -0.2) is 25.1 Å². The lowest BCUT2D eigenvalue weighted by molar-refractivity contribution is 0.210. The van der Waals surface area contributed by atoms with Gasteiger partial charge in [-0.15, -0.1) is 0 Å². The topological polar surface area (TPSA) is 15.3 Å². The van der Waals surface area contributed by atoms with Crippen molar-refractivity contribution in [2.45, 2.75) is 33.2 Å². The van der Waals surface area contributed by atoms with E-state index >= 15 is 0 Å². The zero-order chi connectivity index (χ0) is 8.15. The summed E-state index contributed by atoms with van der Waals surface area (Å²) in [7, 11) is 4.05. The fraction of sp³-hybridized carbons (Fsp3) is 1.00. The molecule has 0 rings (SSSR count). The van der Waals surface area contributed by atoms with E-state index in [4.69, 9.17) is 0 Å². The molecule has 0 saturated carbocycles. The minimum Gasteiger partial charge on any atom is -0.253 e. The molecule has 0 aromatic heterocycles. The molecule has 0 spiro atoms. The summed E-state index contributed by atoms with van der Waals surface area (Å²) in [5, 5.41) is 2.01. The molecule has 0 fully saturated rings. The highest BCUT2D eigenvalue weighted by Crippen LogP contribution is 2.05. The van der Waals surface area contributed by atoms with E-state index in [-0.39, 0.29) is 0 Å². The summed E-state index contributed by atoms with van der Waals surface area (Å²) in [4.78, 5) is 0. The van der Waals surface area contributed by atoms with Crippen molar-refractivity contribution < 1.29 is 0 Å². The Bertz CT molecular complexity index is 81.3. The molecule has 0 aliphatic carbocycles. The van der Waals surface area contributed by atoms with Gasteiger partial charge in [-0.1, -0.05) is 20.3 Å². The molecular weight excluding hydrogens is 124 g/mol. The van der Waals surface area contributed by atoms with Crippen LogP contribution in [0.5, 0.6) is 0 Å². The number of hydrazine groups is 1. The third-order valence-electron chi connectivity index (χ3n) is 1.96. The van der Waals surface area contributed by atoms with Crippen LogP contribution < -0.4 is 5.43 Å². The molecule has 0 aliphatic heterocycles. The van der Waals surface area contributed by atoms with Crippen molar-refractivity contribution in [2.24, 2.45) is 5.92 Å². The summed E-state index contributed by atoms with van der Waals surface area (Å²) in [6.07, 6.45) is 1.24. The lowest BCUT2D eigenvalue weighted by Gasteiger charge is -2.23. The molecule has 0 saturated heterocycles. The minimum absolute atomic E-state index is 0.583. The fourth-order valence-corrected chi connectivity index (χ4v) is 0.888. The van der Waals surface area contributed by atoms with Crippen molar-refractivity contribution in [2.75, 3.05) is 14.1 Å². The highest BCUT2D eigenvalue weighted by Gasteiger charge is 2.08. The smallest absolute Gasteiger partial charge is 0.0212 e. The summed E-state index contributed by atoms with van der Waals surface area (Å²) < 4.78 is 0. The average molecular weight is 144 g/mol. The Kier molecular flexibility index (Phi) is 4.65. The SMILES string of the molecule is CCC(C)C(C)NN(C)C. The predicted molar refractivity (Wildman–Crippen MR) is 45.7 cm³/mol. The third-order valence-corrected chi connectivity index (χ3v) is 1.96. The largest absolute Gasteiger partial charge is 0.253 e.